The number of ether oxygens (including phenoxy) is 1. The van der Waals surface area contributed by atoms with E-state index in [1.165, 1.54) is 0 Å². The Morgan fingerprint density at radius 1 is 1.33 bits per heavy atom. The first-order valence-corrected chi connectivity index (χ1v) is 11.6. The predicted octanol–water partition coefficient (Wildman–Crippen LogP) is 1.50. The fourth-order valence-corrected chi connectivity index (χ4v) is 3.97. The molecule has 3 atom stereocenters. The number of aromatic nitrogens is 3. The standard InChI is InChI=1S/C24H35N5O4/c1-18-13-29(19(2)16-30)23(31)10-7-11-28-14-21(25-26-28)17-33-22(18)15-27(3)24(32)12-20-8-5-4-6-9-20/h4-6,8-9,14,18-19,22,30H,7,10-13,15-17H2,1-3H3/t18-,19-,22+/m1/s1. The van der Waals surface area contributed by atoms with Gasteiger partial charge in [0.15, 0.2) is 0 Å². The van der Waals surface area contributed by atoms with E-state index in [0.717, 1.165) is 11.3 Å². The summed E-state index contributed by atoms with van der Waals surface area (Å²) in [5.74, 6) is -0.0662. The minimum absolute atomic E-state index is 0.00233. The lowest BCUT2D eigenvalue weighted by atomic mass is 10.0. The highest BCUT2D eigenvalue weighted by molar-refractivity contribution is 5.78. The Bertz CT molecular complexity index is 903. The Hall–Kier alpha value is -2.78. The second-order valence-corrected chi connectivity index (χ2v) is 8.92. The molecule has 1 aliphatic heterocycles. The number of benzene rings is 1. The monoisotopic (exact) mass is 457 g/mol. The lowest BCUT2D eigenvalue weighted by Crippen LogP contribution is -2.47. The van der Waals surface area contributed by atoms with E-state index in [1.54, 1.807) is 21.5 Å². The number of aliphatic hydroxyl groups is 1. The first-order chi connectivity index (χ1) is 15.9. The van der Waals surface area contributed by atoms with E-state index in [9.17, 15) is 14.7 Å². The number of hydrogen-bond acceptors (Lipinski definition) is 6. The minimum Gasteiger partial charge on any atom is -0.394 e. The van der Waals surface area contributed by atoms with Crippen LogP contribution < -0.4 is 0 Å². The fraction of sp³-hybridized carbons (Fsp3) is 0.583. The molecule has 1 aliphatic rings. The molecule has 0 saturated heterocycles. The molecule has 9 nitrogen and oxygen atoms in total. The van der Waals surface area contributed by atoms with Gasteiger partial charge in [0.05, 0.1) is 38.0 Å². The van der Waals surface area contributed by atoms with Crippen LogP contribution >= 0.6 is 0 Å². The number of aliphatic hydroxyl groups excluding tert-OH is 1. The van der Waals surface area contributed by atoms with Crippen molar-refractivity contribution < 1.29 is 19.4 Å². The van der Waals surface area contributed by atoms with Crippen LogP contribution in [0.1, 0.15) is 37.9 Å². The van der Waals surface area contributed by atoms with Gasteiger partial charge < -0.3 is 19.6 Å². The number of likely N-dealkylation sites (N-methyl/N-ethyl adjacent to an activating group) is 1. The van der Waals surface area contributed by atoms with Crippen LogP contribution in [0.4, 0.5) is 0 Å². The summed E-state index contributed by atoms with van der Waals surface area (Å²) in [6.45, 7) is 5.45. The highest BCUT2D eigenvalue weighted by atomic mass is 16.5. The van der Waals surface area contributed by atoms with Gasteiger partial charge >= 0.3 is 0 Å². The number of fused-ring (bicyclic) bond motifs is 2. The number of carbonyl (C=O) groups excluding carboxylic acids is 2. The second kappa shape index (κ2) is 11.9. The predicted molar refractivity (Wildman–Crippen MR) is 123 cm³/mol. The third-order valence-corrected chi connectivity index (χ3v) is 6.12. The second-order valence-electron chi connectivity index (χ2n) is 8.92. The van der Waals surface area contributed by atoms with Crippen LogP contribution in [0, 0.1) is 5.92 Å². The summed E-state index contributed by atoms with van der Waals surface area (Å²) in [4.78, 5) is 29.2. The maximum Gasteiger partial charge on any atom is 0.226 e. The van der Waals surface area contributed by atoms with Crippen molar-refractivity contribution in [3.05, 3.63) is 47.8 Å². The number of aryl methyl sites for hydroxylation is 1. The molecule has 2 amide bonds. The summed E-state index contributed by atoms with van der Waals surface area (Å²) >= 11 is 0. The van der Waals surface area contributed by atoms with Crippen LogP contribution in [0.5, 0.6) is 0 Å². The van der Waals surface area contributed by atoms with Crippen LogP contribution in [0.25, 0.3) is 0 Å². The lowest BCUT2D eigenvalue weighted by molar-refractivity contribution is -0.138. The van der Waals surface area contributed by atoms with Gasteiger partial charge in [-0.05, 0) is 18.9 Å². The molecule has 0 spiro atoms. The molecule has 0 fully saturated rings. The van der Waals surface area contributed by atoms with Gasteiger partial charge in [-0.1, -0.05) is 42.5 Å². The van der Waals surface area contributed by atoms with Crippen molar-refractivity contribution >= 4 is 11.8 Å². The van der Waals surface area contributed by atoms with Gasteiger partial charge in [0.1, 0.15) is 5.69 Å². The third kappa shape index (κ3) is 7.10. The van der Waals surface area contributed by atoms with Crippen LogP contribution in [-0.2, 0) is 33.9 Å². The largest absolute Gasteiger partial charge is 0.394 e. The van der Waals surface area contributed by atoms with Gasteiger partial charge in [0.25, 0.3) is 0 Å². The van der Waals surface area contributed by atoms with E-state index in [2.05, 4.69) is 10.3 Å². The molecule has 0 saturated carbocycles. The van der Waals surface area contributed by atoms with Gasteiger partial charge in [-0.15, -0.1) is 5.10 Å². The van der Waals surface area contributed by atoms with Gasteiger partial charge in [0, 0.05) is 39.0 Å². The molecule has 3 rings (SSSR count). The molecule has 180 valence electrons. The summed E-state index contributed by atoms with van der Waals surface area (Å²) in [5, 5.41) is 18.0. The topological polar surface area (TPSA) is 101 Å². The van der Waals surface area contributed by atoms with E-state index < -0.39 is 0 Å². The summed E-state index contributed by atoms with van der Waals surface area (Å²) in [6, 6.07) is 9.35. The van der Waals surface area contributed by atoms with Crippen LogP contribution in [0.3, 0.4) is 0 Å². The van der Waals surface area contributed by atoms with E-state index >= 15 is 0 Å². The smallest absolute Gasteiger partial charge is 0.226 e. The Kier molecular flexibility index (Phi) is 8.96. The molecule has 33 heavy (non-hydrogen) atoms. The molecule has 0 radical (unpaired) electrons. The number of hydrogen-bond donors (Lipinski definition) is 1. The average molecular weight is 458 g/mol. The third-order valence-electron chi connectivity index (χ3n) is 6.12. The Labute approximate surface area is 195 Å². The molecule has 2 bridgehead atoms. The highest BCUT2D eigenvalue weighted by Crippen LogP contribution is 2.18. The quantitative estimate of drug-likeness (QED) is 0.706. The highest BCUT2D eigenvalue weighted by Gasteiger charge is 2.28. The van der Waals surface area contributed by atoms with Crippen molar-refractivity contribution in [2.45, 2.75) is 58.4 Å². The average Bonchev–Trinajstić information content (AvgIpc) is 3.27. The van der Waals surface area contributed by atoms with Gasteiger partial charge in [-0.3, -0.25) is 14.3 Å². The van der Waals surface area contributed by atoms with Crippen LogP contribution in [-0.4, -0.2) is 80.6 Å². The van der Waals surface area contributed by atoms with Gasteiger partial charge in [-0.2, -0.15) is 0 Å². The van der Waals surface area contributed by atoms with E-state index in [0.29, 0.717) is 38.9 Å². The maximum absolute atomic E-state index is 12.9. The Morgan fingerprint density at radius 3 is 2.82 bits per heavy atom. The summed E-state index contributed by atoms with van der Waals surface area (Å²) in [5.41, 5.74) is 1.68. The molecule has 2 heterocycles. The van der Waals surface area contributed by atoms with Crippen molar-refractivity contribution in [2.24, 2.45) is 5.92 Å². The number of rotatable bonds is 6. The molecular weight excluding hydrogens is 422 g/mol. The van der Waals surface area contributed by atoms with Crippen LogP contribution in [0.15, 0.2) is 36.5 Å². The number of carbonyl (C=O) groups is 2. The first-order valence-electron chi connectivity index (χ1n) is 11.6. The molecule has 9 heteroatoms. The molecule has 2 aromatic rings. The summed E-state index contributed by atoms with van der Waals surface area (Å²) < 4.78 is 7.94. The van der Waals surface area contributed by atoms with E-state index in [4.69, 9.17) is 4.74 Å². The molecule has 1 aromatic carbocycles. The zero-order valence-corrected chi connectivity index (χ0v) is 19.8. The SMILES string of the molecule is C[C@@H]1CN([C@H](C)CO)C(=O)CCCn2cc(nn2)CO[C@H]1CN(C)C(=O)Cc1ccccc1. The number of amides is 2. The summed E-state index contributed by atoms with van der Waals surface area (Å²) in [6.07, 6.45) is 2.85. The van der Waals surface area contributed by atoms with Crippen molar-refractivity contribution in [3.63, 3.8) is 0 Å². The van der Waals surface area contributed by atoms with Crippen molar-refractivity contribution in [1.82, 2.24) is 24.8 Å². The first kappa shape index (κ1) is 24.9. The molecule has 0 aliphatic carbocycles. The van der Waals surface area contributed by atoms with E-state index in [1.807, 2.05) is 50.4 Å². The normalized spacial score (nSPS) is 21.0. The lowest BCUT2D eigenvalue weighted by Gasteiger charge is -2.35. The van der Waals surface area contributed by atoms with Crippen molar-refractivity contribution in [2.75, 3.05) is 26.7 Å². The van der Waals surface area contributed by atoms with Crippen molar-refractivity contribution in [3.8, 4) is 0 Å². The Morgan fingerprint density at radius 2 is 2.09 bits per heavy atom. The molecule has 1 aromatic heterocycles. The Balaban J connectivity index is 1.75. The summed E-state index contributed by atoms with van der Waals surface area (Å²) in [7, 11) is 1.78. The van der Waals surface area contributed by atoms with Crippen molar-refractivity contribution in [1.29, 1.82) is 0 Å². The zero-order valence-electron chi connectivity index (χ0n) is 19.8. The van der Waals surface area contributed by atoms with Gasteiger partial charge in [0.2, 0.25) is 11.8 Å². The molecular formula is C24H35N5O4. The minimum atomic E-state index is -0.318. The van der Waals surface area contributed by atoms with Gasteiger partial charge in [-0.25, -0.2) is 0 Å². The molecule has 0 unspecified atom stereocenters. The number of nitrogens with zero attached hydrogens (tertiary/aromatic N) is 5. The van der Waals surface area contributed by atoms with Crippen LogP contribution in [0.2, 0.25) is 0 Å². The zero-order chi connectivity index (χ0) is 23.8. The fourth-order valence-electron chi connectivity index (χ4n) is 3.97. The molecule has 1 N–H and O–H groups in total. The maximum atomic E-state index is 12.9. The van der Waals surface area contributed by atoms with E-state index in [-0.39, 0.29) is 43.1 Å².